The van der Waals surface area contributed by atoms with Gasteiger partial charge in [0.05, 0.1) is 5.69 Å². The molecule has 0 unspecified atom stereocenters. The summed E-state index contributed by atoms with van der Waals surface area (Å²) >= 11 is 0. The molecule has 1 heterocycles. The second kappa shape index (κ2) is 5.53. The summed E-state index contributed by atoms with van der Waals surface area (Å²) in [5.74, 6) is -0.169. The van der Waals surface area contributed by atoms with E-state index in [9.17, 15) is 4.39 Å². The van der Waals surface area contributed by atoms with Gasteiger partial charge in [-0.3, -0.25) is 0 Å². The van der Waals surface area contributed by atoms with Gasteiger partial charge in [-0.2, -0.15) is 0 Å². The van der Waals surface area contributed by atoms with E-state index in [1.165, 1.54) is 22.9 Å². The summed E-state index contributed by atoms with van der Waals surface area (Å²) in [5.41, 5.74) is 4.53. The van der Waals surface area contributed by atoms with Gasteiger partial charge in [-0.25, -0.2) is 4.39 Å². The van der Waals surface area contributed by atoms with Gasteiger partial charge in [0.1, 0.15) is 5.82 Å². The van der Waals surface area contributed by atoms with Crippen LogP contribution in [0.5, 0.6) is 0 Å². The van der Waals surface area contributed by atoms with E-state index >= 15 is 0 Å². The number of nitrogens with one attached hydrogen (secondary N) is 1. The monoisotopic (exact) mass is 270 g/mol. The van der Waals surface area contributed by atoms with Crippen molar-refractivity contribution >= 4 is 11.4 Å². The summed E-state index contributed by atoms with van der Waals surface area (Å²) in [4.78, 5) is 1.97. The second-order valence-corrected chi connectivity index (χ2v) is 5.28. The predicted molar refractivity (Wildman–Crippen MR) is 81.8 cm³/mol. The molecule has 2 aromatic rings. The Bertz CT molecular complexity index is 610. The van der Waals surface area contributed by atoms with Gasteiger partial charge in [0.25, 0.3) is 0 Å². The molecule has 0 saturated heterocycles. The van der Waals surface area contributed by atoms with Crippen LogP contribution < -0.4 is 10.2 Å². The summed E-state index contributed by atoms with van der Waals surface area (Å²) in [5, 5.41) is 3.43. The molecular weight excluding hydrogens is 251 g/mol. The topological polar surface area (TPSA) is 15.3 Å². The van der Waals surface area contributed by atoms with Gasteiger partial charge in [0, 0.05) is 25.8 Å². The van der Waals surface area contributed by atoms with Crippen LogP contribution in [0, 0.1) is 5.82 Å². The molecule has 0 bridgehead atoms. The highest BCUT2D eigenvalue weighted by atomic mass is 19.1. The molecule has 104 valence electrons. The lowest BCUT2D eigenvalue weighted by atomic mass is 9.97. The van der Waals surface area contributed by atoms with Crippen LogP contribution >= 0.6 is 0 Å². The van der Waals surface area contributed by atoms with E-state index < -0.39 is 0 Å². The third-order valence-corrected chi connectivity index (χ3v) is 3.86. The number of hydrogen-bond acceptors (Lipinski definition) is 2. The second-order valence-electron chi connectivity index (χ2n) is 5.28. The fourth-order valence-electron chi connectivity index (χ4n) is 2.83. The van der Waals surface area contributed by atoms with Gasteiger partial charge in [0.15, 0.2) is 0 Å². The molecule has 0 radical (unpaired) electrons. The number of halogens is 1. The summed E-state index contributed by atoms with van der Waals surface area (Å²) < 4.78 is 13.8. The largest absolute Gasteiger partial charge is 0.385 e. The van der Waals surface area contributed by atoms with Crippen molar-refractivity contribution in [2.75, 3.05) is 23.8 Å². The van der Waals surface area contributed by atoms with Crippen LogP contribution in [0.1, 0.15) is 17.5 Å². The maximum absolute atomic E-state index is 13.8. The first-order chi connectivity index (χ1) is 9.75. The van der Waals surface area contributed by atoms with Crippen molar-refractivity contribution in [2.24, 2.45) is 0 Å². The Balaban J connectivity index is 1.86. The molecule has 3 heteroatoms. The Morgan fingerprint density at radius 2 is 2.00 bits per heavy atom. The molecule has 0 aliphatic carbocycles. The minimum atomic E-state index is -0.169. The van der Waals surface area contributed by atoms with Crippen LogP contribution in [0.25, 0.3) is 0 Å². The van der Waals surface area contributed by atoms with Crippen LogP contribution in [0.15, 0.2) is 42.5 Å². The van der Waals surface area contributed by atoms with E-state index in [1.54, 1.807) is 6.07 Å². The zero-order valence-corrected chi connectivity index (χ0v) is 11.7. The Kier molecular flexibility index (Phi) is 3.59. The summed E-state index contributed by atoms with van der Waals surface area (Å²) in [6.45, 7) is 1.77. The van der Waals surface area contributed by atoms with Crippen LogP contribution in [-0.2, 0) is 13.0 Å². The number of hydrogen-bond donors (Lipinski definition) is 1. The number of rotatable bonds is 3. The third kappa shape index (κ3) is 2.48. The van der Waals surface area contributed by atoms with Gasteiger partial charge in [-0.1, -0.05) is 24.3 Å². The molecule has 1 N–H and O–H groups in total. The summed E-state index contributed by atoms with van der Waals surface area (Å²) in [6, 6.07) is 13.3. The van der Waals surface area contributed by atoms with Crippen molar-refractivity contribution in [2.45, 2.75) is 19.4 Å². The SMILES string of the molecule is CN(Cc1cccc2c1CCCN2)c1ccccc1F. The maximum Gasteiger partial charge on any atom is 0.146 e. The zero-order valence-electron chi connectivity index (χ0n) is 11.7. The van der Waals surface area contributed by atoms with Crippen molar-refractivity contribution in [3.05, 3.63) is 59.4 Å². The fraction of sp³-hybridized carbons (Fsp3) is 0.294. The Morgan fingerprint density at radius 3 is 2.85 bits per heavy atom. The smallest absolute Gasteiger partial charge is 0.146 e. The standard InChI is InChI=1S/C17H19FN2/c1-20(17-10-3-2-8-15(17)18)12-13-6-4-9-16-14(13)7-5-11-19-16/h2-4,6,8-10,19H,5,7,11-12H2,1H3. The van der Waals surface area contributed by atoms with Gasteiger partial charge in [-0.05, 0) is 42.2 Å². The summed E-state index contributed by atoms with van der Waals surface area (Å²) in [6.07, 6.45) is 2.26. The minimum absolute atomic E-state index is 0.169. The molecule has 2 nitrogen and oxygen atoms in total. The van der Waals surface area contributed by atoms with Gasteiger partial charge < -0.3 is 10.2 Å². The van der Waals surface area contributed by atoms with E-state index in [4.69, 9.17) is 0 Å². The highest BCUT2D eigenvalue weighted by Crippen LogP contribution is 2.27. The van der Waals surface area contributed by atoms with Gasteiger partial charge in [-0.15, -0.1) is 0 Å². The first-order valence-corrected chi connectivity index (χ1v) is 7.06. The Morgan fingerprint density at radius 1 is 1.15 bits per heavy atom. The van der Waals surface area contributed by atoms with Crippen molar-refractivity contribution in [1.82, 2.24) is 0 Å². The molecule has 0 atom stereocenters. The van der Waals surface area contributed by atoms with E-state index in [2.05, 4.69) is 23.5 Å². The molecule has 20 heavy (non-hydrogen) atoms. The molecule has 0 aromatic heterocycles. The third-order valence-electron chi connectivity index (χ3n) is 3.86. The quantitative estimate of drug-likeness (QED) is 0.912. The van der Waals surface area contributed by atoms with E-state index in [1.807, 2.05) is 24.1 Å². The molecule has 0 saturated carbocycles. The fourth-order valence-corrected chi connectivity index (χ4v) is 2.83. The van der Waals surface area contributed by atoms with Gasteiger partial charge in [0.2, 0.25) is 0 Å². The van der Waals surface area contributed by atoms with Crippen molar-refractivity contribution in [3.8, 4) is 0 Å². The number of benzene rings is 2. The highest BCUT2D eigenvalue weighted by molar-refractivity contribution is 5.57. The average molecular weight is 270 g/mol. The van der Waals surface area contributed by atoms with Crippen LogP contribution in [0.3, 0.4) is 0 Å². The lowest BCUT2D eigenvalue weighted by molar-refractivity contribution is 0.622. The zero-order chi connectivity index (χ0) is 13.9. The molecule has 0 fully saturated rings. The molecule has 2 aromatic carbocycles. The van der Waals surface area contributed by atoms with E-state index in [-0.39, 0.29) is 5.82 Å². The number of para-hydroxylation sites is 1. The molecule has 0 amide bonds. The molecule has 1 aliphatic heterocycles. The Labute approximate surface area is 119 Å². The van der Waals surface area contributed by atoms with Crippen LogP contribution in [0.4, 0.5) is 15.8 Å². The number of fused-ring (bicyclic) bond motifs is 1. The molecule has 1 aliphatic rings. The normalized spacial score (nSPS) is 13.5. The first kappa shape index (κ1) is 13.0. The molecule has 3 rings (SSSR count). The van der Waals surface area contributed by atoms with Crippen molar-refractivity contribution in [1.29, 1.82) is 0 Å². The molecular formula is C17H19FN2. The minimum Gasteiger partial charge on any atom is -0.385 e. The first-order valence-electron chi connectivity index (χ1n) is 7.06. The number of anilines is 2. The number of nitrogens with zero attached hydrogens (tertiary/aromatic N) is 1. The van der Waals surface area contributed by atoms with Crippen LogP contribution in [0.2, 0.25) is 0 Å². The van der Waals surface area contributed by atoms with Crippen molar-refractivity contribution < 1.29 is 4.39 Å². The predicted octanol–water partition coefficient (Wildman–Crippen LogP) is 3.82. The molecule has 0 spiro atoms. The van der Waals surface area contributed by atoms with Gasteiger partial charge >= 0.3 is 0 Å². The average Bonchev–Trinajstić information content (AvgIpc) is 2.48. The summed E-state index contributed by atoms with van der Waals surface area (Å²) in [7, 11) is 1.94. The lowest BCUT2D eigenvalue weighted by Gasteiger charge is -2.25. The van der Waals surface area contributed by atoms with E-state index in [0.29, 0.717) is 5.69 Å². The van der Waals surface area contributed by atoms with Crippen LogP contribution in [-0.4, -0.2) is 13.6 Å². The highest BCUT2D eigenvalue weighted by Gasteiger charge is 2.14. The maximum atomic E-state index is 13.8. The lowest BCUT2D eigenvalue weighted by Crippen LogP contribution is -2.20. The van der Waals surface area contributed by atoms with E-state index in [0.717, 1.165) is 25.9 Å². The van der Waals surface area contributed by atoms with Crippen molar-refractivity contribution in [3.63, 3.8) is 0 Å². The Hall–Kier alpha value is -2.03.